The molecule has 1 aromatic rings. The van der Waals surface area contributed by atoms with E-state index < -0.39 is 0 Å². The van der Waals surface area contributed by atoms with Gasteiger partial charge in [-0.3, -0.25) is 9.69 Å². The summed E-state index contributed by atoms with van der Waals surface area (Å²) in [5, 5.41) is 0. The molecule has 2 atom stereocenters. The maximum absolute atomic E-state index is 12.4. The zero-order chi connectivity index (χ0) is 16.8. The van der Waals surface area contributed by atoms with Gasteiger partial charge in [-0.1, -0.05) is 36.4 Å². The van der Waals surface area contributed by atoms with Crippen LogP contribution in [0.15, 0.2) is 30.8 Å². The second kappa shape index (κ2) is 5.85. The summed E-state index contributed by atoms with van der Waals surface area (Å²) in [6.07, 6.45) is 3.49. The van der Waals surface area contributed by atoms with E-state index in [2.05, 4.69) is 11.5 Å². The zero-order valence-corrected chi connectivity index (χ0v) is 14.0. The van der Waals surface area contributed by atoms with Crippen LogP contribution < -0.4 is 0 Å². The first-order valence-electron chi connectivity index (χ1n) is 8.76. The summed E-state index contributed by atoms with van der Waals surface area (Å²) in [6.45, 7) is 6.52. The number of hydrogen-bond acceptors (Lipinski definition) is 4. The van der Waals surface area contributed by atoms with Crippen molar-refractivity contribution in [3.8, 4) is 0 Å². The number of hydrogen-bond donors (Lipinski definition) is 0. The molecular weight excluding hydrogens is 302 g/mol. The predicted molar refractivity (Wildman–Crippen MR) is 91.3 cm³/mol. The Hall–Kier alpha value is -1.94. The van der Waals surface area contributed by atoms with E-state index in [1.54, 1.807) is 0 Å². The van der Waals surface area contributed by atoms with Crippen molar-refractivity contribution in [2.24, 2.45) is 5.92 Å². The van der Waals surface area contributed by atoms with Crippen molar-refractivity contribution in [1.29, 1.82) is 0 Å². The normalized spacial score (nSPS) is 34.0. The molecule has 4 heterocycles. The number of ketones is 1. The smallest absolute Gasteiger partial charge is 0.338 e. The average molecular weight is 325 g/mol. The third-order valence-electron chi connectivity index (χ3n) is 5.84. The van der Waals surface area contributed by atoms with Gasteiger partial charge >= 0.3 is 5.97 Å². The number of piperidine rings is 4. The Morgan fingerprint density at radius 2 is 1.75 bits per heavy atom. The lowest BCUT2D eigenvalue weighted by Crippen LogP contribution is -2.63. The van der Waals surface area contributed by atoms with Gasteiger partial charge in [0, 0.05) is 30.8 Å². The van der Waals surface area contributed by atoms with Crippen LogP contribution >= 0.6 is 0 Å². The van der Waals surface area contributed by atoms with Crippen molar-refractivity contribution in [3.05, 3.63) is 42.0 Å². The maximum Gasteiger partial charge on any atom is 0.338 e. The fourth-order valence-corrected chi connectivity index (χ4v) is 4.51. The lowest BCUT2D eigenvalue weighted by Gasteiger charge is -2.54. The van der Waals surface area contributed by atoms with Crippen molar-refractivity contribution < 1.29 is 14.3 Å². The molecule has 0 spiro atoms. The van der Waals surface area contributed by atoms with E-state index in [4.69, 9.17) is 4.74 Å². The van der Waals surface area contributed by atoms with Crippen LogP contribution in [0.5, 0.6) is 0 Å². The first kappa shape index (κ1) is 15.6. The molecule has 2 unspecified atom stereocenters. The minimum absolute atomic E-state index is 0.0555. The van der Waals surface area contributed by atoms with Crippen LogP contribution in [0.3, 0.4) is 0 Å². The molecule has 5 rings (SSSR count). The largest absolute Gasteiger partial charge is 0.459 e. The number of aryl methyl sites for hydroxylation is 1. The van der Waals surface area contributed by atoms with Crippen LogP contribution in [0.1, 0.15) is 36.8 Å². The van der Waals surface area contributed by atoms with E-state index in [0.29, 0.717) is 30.0 Å². The first-order valence-corrected chi connectivity index (χ1v) is 8.76. The molecule has 0 N–H and O–H groups in total. The number of fused-ring (bicyclic) bond motifs is 1. The van der Waals surface area contributed by atoms with Crippen LogP contribution in [0.2, 0.25) is 0 Å². The molecule has 4 aliphatic rings. The van der Waals surface area contributed by atoms with Crippen LogP contribution in [-0.2, 0) is 14.3 Å². The van der Waals surface area contributed by atoms with Gasteiger partial charge in [-0.05, 0) is 25.3 Å². The summed E-state index contributed by atoms with van der Waals surface area (Å²) in [4.78, 5) is 26.7. The molecule has 4 fully saturated rings. The van der Waals surface area contributed by atoms with Gasteiger partial charge < -0.3 is 4.74 Å². The van der Waals surface area contributed by atoms with E-state index in [-0.39, 0.29) is 18.0 Å². The standard InChI is InChI=1S/C20H23NO3/c1-12-3-5-14(6-4-12)13(2)20(23)24-18-9-16-7-15-8-17(10-18)21(16)11-19(15)22/h3-6,15-18H,2,7-11H2,1H3. The number of carbonyl (C=O) groups excluding carboxylic acids is 2. The van der Waals surface area contributed by atoms with Gasteiger partial charge in [0.15, 0.2) is 0 Å². The Kier molecular flexibility index (Phi) is 3.80. The van der Waals surface area contributed by atoms with Gasteiger partial charge in [0.2, 0.25) is 0 Å². The van der Waals surface area contributed by atoms with Crippen molar-refractivity contribution in [3.63, 3.8) is 0 Å². The van der Waals surface area contributed by atoms with Crippen LogP contribution in [-0.4, -0.2) is 41.4 Å². The molecule has 0 aliphatic carbocycles. The lowest BCUT2D eigenvalue weighted by molar-refractivity contribution is -0.157. The molecule has 4 bridgehead atoms. The van der Waals surface area contributed by atoms with Crippen LogP contribution in [0.25, 0.3) is 5.57 Å². The quantitative estimate of drug-likeness (QED) is 0.633. The second-order valence-corrected chi connectivity index (χ2v) is 7.46. The topological polar surface area (TPSA) is 46.6 Å². The molecule has 4 heteroatoms. The van der Waals surface area contributed by atoms with Crippen LogP contribution in [0.4, 0.5) is 0 Å². The lowest BCUT2D eigenvalue weighted by atomic mass is 9.72. The van der Waals surface area contributed by atoms with Gasteiger partial charge in [-0.15, -0.1) is 0 Å². The van der Waals surface area contributed by atoms with E-state index in [1.165, 1.54) is 0 Å². The Bertz CT molecular complexity index is 677. The molecule has 4 nitrogen and oxygen atoms in total. The third-order valence-corrected chi connectivity index (χ3v) is 5.84. The Labute approximate surface area is 142 Å². The van der Waals surface area contributed by atoms with Gasteiger partial charge in [-0.25, -0.2) is 4.79 Å². The molecule has 0 radical (unpaired) electrons. The number of Topliss-reactive ketones (excluding diaryl/α,β-unsaturated/α-hetero) is 1. The van der Waals surface area contributed by atoms with E-state index in [9.17, 15) is 9.59 Å². The SMILES string of the molecule is C=C(C(=O)OC1CC2CC3CC(C1)N2CC3=O)c1ccc(C)cc1. The number of nitrogens with zero attached hydrogens (tertiary/aromatic N) is 1. The number of esters is 1. The fourth-order valence-electron chi connectivity index (χ4n) is 4.51. The second-order valence-electron chi connectivity index (χ2n) is 7.46. The van der Waals surface area contributed by atoms with Crippen molar-refractivity contribution in [2.45, 2.75) is 50.8 Å². The first-order chi connectivity index (χ1) is 11.5. The highest BCUT2D eigenvalue weighted by Gasteiger charge is 2.49. The minimum atomic E-state index is -0.319. The monoisotopic (exact) mass is 325 g/mol. The highest BCUT2D eigenvalue weighted by Crippen LogP contribution is 2.42. The van der Waals surface area contributed by atoms with Crippen molar-refractivity contribution in [1.82, 2.24) is 4.90 Å². The number of ether oxygens (including phenoxy) is 1. The number of carbonyl (C=O) groups is 2. The summed E-state index contributed by atoms with van der Waals surface area (Å²) >= 11 is 0. The summed E-state index contributed by atoms with van der Waals surface area (Å²) < 4.78 is 5.76. The zero-order valence-electron chi connectivity index (χ0n) is 14.0. The molecule has 126 valence electrons. The number of benzene rings is 1. The Morgan fingerprint density at radius 3 is 2.33 bits per heavy atom. The van der Waals surface area contributed by atoms with Gasteiger partial charge in [0.1, 0.15) is 11.9 Å². The van der Waals surface area contributed by atoms with Crippen molar-refractivity contribution in [2.75, 3.05) is 6.54 Å². The average Bonchev–Trinajstić information content (AvgIpc) is 2.55. The summed E-state index contributed by atoms with van der Waals surface area (Å²) in [7, 11) is 0. The Morgan fingerprint density at radius 1 is 1.12 bits per heavy atom. The molecular formula is C20H23NO3. The molecule has 0 amide bonds. The Balaban J connectivity index is 1.40. The maximum atomic E-state index is 12.4. The van der Waals surface area contributed by atoms with E-state index in [1.807, 2.05) is 31.2 Å². The predicted octanol–water partition coefficient (Wildman–Crippen LogP) is 2.75. The summed E-state index contributed by atoms with van der Waals surface area (Å²) in [6, 6.07) is 8.55. The van der Waals surface area contributed by atoms with E-state index in [0.717, 1.165) is 36.8 Å². The summed E-state index contributed by atoms with van der Waals surface area (Å²) in [5.41, 5.74) is 2.39. The number of rotatable bonds is 3. The van der Waals surface area contributed by atoms with Gasteiger partial charge in [-0.2, -0.15) is 0 Å². The highest BCUT2D eigenvalue weighted by molar-refractivity contribution is 6.15. The molecule has 0 aromatic heterocycles. The third kappa shape index (κ3) is 2.69. The van der Waals surface area contributed by atoms with Crippen molar-refractivity contribution >= 4 is 17.3 Å². The molecule has 1 aromatic carbocycles. The van der Waals surface area contributed by atoms with Crippen LogP contribution in [0, 0.1) is 12.8 Å². The van der Waals surface area contributed by atoms with E-state index >= 15 is 0 Å². The summed E-state index contributed by atoms with van der Waals surface area (Å²) in [5.74, 6) is 0.315. The minimum Gasteiger partial charge on any atom is -0.459 e. The molecule has 0 saturated carbocycles. The highest BCUT2D eigenvalue weighted by atomic mass is 16.5. The molecule has 4 saturated heterocycles. The van der Waals surface area contributed by atoms with Gasteiger partial charge in [0.25, 0.3) is 0 Å². The molecule has 4 aliphatic heterocycles. The fraction of sp³-hybridized carbons (Fsp3) is 0.500. The van der Waals surface area contributed by atoms with Gasteiger partial charge in [0.05, 0.1) is 12.1 Å². The molecule has 24 heavy (non-hydrogen) atoms.